The first kappa shape index (κ1) is 10.2. The molecule has 1 fully saturated rings. The highest BCUT2D eigenvalue weighted by molar-refractivity contribution is 6.16. The second-order valence-corrected chi connectivity index (χ2v) is 4.10. The monoisotopic (exact) mass is 209 g/mol. The van der Waals surface area contributed by atoms with Gasteiger partial charge in [0.05, 0.1) is 7.11 Å². The van der Waals surface area contributed by atoms with Crippen LogP contribution in [-0.4, -0.2) is 25.0 Å². The van der Waals surface area contributed by atoms with Gasteiger partial charge in [-0.05, 0) is 18.8 Å². The molecule has 0 aromatic carbocycles. The number of esters is 1. The van der Waals surface area contributed by atoms with E-state index in [-0.39, 0.29) is 17.5 Å². The summed E-state index contributed by atoms with van der Waals surface area (Å²) in [5.41, 5.74) is 0.167. The van der Waals surface area contributed by atoms with E-state index in [1.807, 2.05) is 0 Å². The fourth-order valence-corrected chi connectivity index (χ4v) is 2.34. The van der Waals surface area contributed by atoms with Crippen molar-refractivity contribution in [2.24, 2.45) is 5.92 Å². The Bertz CT molecular complexity index is 322. The summed E-state index contributed by atoms with van der Waals surface area (Å²) in [5.74, 6) is -0.507. The Kier molecular flexibility index (Phi) is 2.75. The number of methoxy groups -OCH3 is 1. The molecule has 4 nitrogen and oxygen atoms in total. The minimum atomic E-state index is -0.531. The molecule has 0 saturated heterocycles. The average molecular weight is 209 g/mol. The van der Waals surface area contributed by atoms with Gasteiger partial charge in [-0.15, -0.1) is 0 Å². The summed E-state index contributed by atoms with van der Waals surface area (Å²) in [6.07, 6.45) is 6.17. The van der Waals surface area contributed by atoms with Gasteiger partial charge in [-0.1, -0.05) is 18.9 Å². The lowest BCUT2D eigenvalue weighted by Crippen LogP contribution is -2.47. The molecule has 1 amide bonds. The zero-order valence-electron chi connectivity index (χ0n) is 8.79. The van der Waals surface area contributed by atoms with Gasteiger partial charge < -0.3 is 10.1 Å². The van der Waals surface area contributed by atoms with Gasteiger partial charge in [0.25, 0.3) is 5.91 Å². The molecule has 4 heteroatoms. The number of carbonyl (C=O) groups excluding carboxylic acids is 2. The maximum atomic E-state index is 11.6. The van der Waals surface area contributed by atoms with E-state index in [0.29, 0.717) is 5.92 Å². The average Bonchev–Trinajstić information content (AvgIpc) is 2.27. The fourth-order valence-electron chi connectivity index (χ4n) is 2.34. The fraction of sp³-hybridized carbons (Fsp3) is 0.636. The Morgan fingerprint density at radius 2 is 2.20 bits per heavy atom. The van der Waals surface area contributed by atoms with Gasteiger partial charge in [0.15, 0.2) is 0 Å². The first-order valence-electron chi connectivity index (χ1n) is 5.33. The van der Waals surface area contributed by atoms with E-state index >= 15 is 0 Å². The quantitative estimate of drug-likeness (QED) is 0.512. The maximum Gasteiger partial charge on any atom is 0.343 e. The first-order chi connectivity index (χ1) is 7.22. The minimum Gasteiger partial charge on any atom is -0.465 e. The van der Waals surface area contributed by atoms with Crippen LogP contribution in [0.15, 0.2) is 11.6 Å². The number of hydrogen-bond donors (Lipinski definition) is 1. The van der Waals surface area contributed by atoms with E-state index in [9.17, 15) is 9.59 Å². The van der Waals surface area contributed by atoms with Gasteiger partial charge in [-0.2, -0.15) is 0 Å². The normalized spacial score (nSPS) is 29.9. The SMILES string of the molecule is COC(=O)C1=CC2CCCCC2NC1=O. The van der Waals surface area contributed by atoms with E-state index < -0.39 is 5.97 Å². The Labute approximate surface area is 88.7 Å². The smallest absolute Gasteiger partial charge is 0.343 e. The molecular formula is C11H15NO3. The van der Waals surface area contributed by atoms with E-state index in [0.717, 1.165) is 19.3 Å². The van der Waals surface area contributed by atoms with Crippen LogP contribution in [0.1, 0.15) is 25.7 Å². The topological polar surface area (TPSA) is 55.4 Å². The molecule has 0 bridgehead atoms. The molecule has 1 aliphatic heterocycles. The van der Waals surface area contributed by atoms with Crippen molar-refractivity contribution in [3.63, 3.8) is 0 Å². The van der Waals surface area contributed by atoms with E-state index in [1.54, 1.807) is 6.08 Å². The van der Waals surface area contributed by atoms with Gasteiger partial charge in [0.1, 0.15) is 5.57 Å². The van der Waals surface area contributed by atoms with E-state index in [4.69, 9.17) is 0 Å². The van der Waals surface area contributed by atoms with Gasteiger partial charge in [-0.25, -0.2) is 4.79 Å². The van der Waals surface area contributed by atoms with Crippen LogP contribution in [-0.2, 0) is 14.3 Å². The molecule has 2 atom stereocenters. The van der Waals surface area contributed by atoms with Gasteiger partial charge in [0.2, 0.25) is 0 Å². The Morgan fingerprint density at radius 1 is 1.47 bits per heavy atom. The predicted molar refractivity (Wildman–Crippen MR) is 54.0 cm³/mol. The molecule has 0 aromatic heterocycles. The molecule has 0 spiro atoms. The lowest BCUT2D eigenvalue weighted by atomic mass is 9.81. The van der Waals surface area contributed by atoms with E-state index in [2.05, 4.69) is 10.1 Å². The minimum absolute atomic E-state index is 0.167. The van der Waals surface area contributed by atoms with Crippen LogP contribution < -0.4 is 5.32 Å². The van der Waals surface area contributed by atoms with Crippen LogP contribution in [0.3, 0.4) is 0 Å². The third-order valence-electron chi connectivity index (χ3n) is 3.17. The number of ether oxygens (including phenoxy) is 1. The third kappa shape index (κ3) is 1.89. The van der Waals surface area contributed by atoms with Crippen LogP contribution in [0.5, 0.6) is 0 Å². The van der Waals surface area contributed by atoms with Crippen LogP contribution in [0.25, 0.3) is 0 Å². The Balaban J connectivity index is 2.20. The number of carbonyl (C=O) groups is 2. The molecule has 15 heavy (non-hydrogen) atoms. The number of nitrogens with one attached hydrogen (secondary N) is 1. The summed E-state index contributed by atoms with van der Waals surface area (Å²) in [5, 5.41) is 2.88. The standard InChI is InChI=1S/C11H15NO3/c1-15-11(14)8-6-7-4-2-3-5-9(7)12-10(8)13/h6-7,9H,2-5H2,1H3,(H,12,13). The second kappa shape index (κ2) is 4.04. The third-order valence-corrected chi connectivity index (χ3v) is 3.17. The molecule has 1 N–H and O–H groups in total. The molecule has 0 aromatic rings. The number of amides is 1. The van der Waals surface area contributed by atoms with Gasteiger partial charge in [-0.3, -0.25) is 4.79 Å². The number of rotatable bonds is 1. The van der Waals surface area contributed by atoms with Crippen LogP contribution in [0.4, 0.5) is 0 Å². The van der Waals surface area contributed by atoms with Crippen molar-refractivity contribution in [2.45, 2.75) is 31.7 Å². The summed E-state index contributed by atoms with van der Waals surface area (Å²) >= 11 is 0. The summed E-state index contributed by atoms with van der Waals surface area (Å²) in [6.45, 7) is 0. The molecule has 0 radical (unpaired) electrons. The maximum absolute atomic E-state index is 11.6. The molecule has 82 valence electrons. The number of fused-ring (bicyclic) bond motifs is 1. The van der Waals surface area contributed by atoms with Crippen LogP contribution in [0.2, 0.25) is 0 Å². The summed E-state index contributed by atoms with van der Waals surface area (Å²) in [7, 11) is 1.30. The van der Waals surface area contributed by atoms with Crippen molar-refractivity contribution in [3.8, 4) is 0 Å². The van der Waals surface area contributed by atoms with Crippen molar-refractivity contribution in [1.82, 2.24) is 5.32 Å². The van der Waals surface area contributed by atoms with Crippen molar-refractivity contribution >= 4 is 11.9 Å². The molecule has 2 aliphatic rings. The first-order valence-corrected chi connectivity index (χ1v) is 5.33. The largest absolute Gasteiger partial charge is 0.465 e. The summed E-state index contributed by atoms with van der Waals surface area (Å²) in [4.78, 5) is 22.9. The molecular weight excluding hydrogens is 194 g/mol. The van der Waals surface area contributed by atoms with Crippen molar-refractivity contribution in [2.75, 3.05) is 7.11 Å². The van der Waals surface area contributed by atoms with Crippen LogP contribution in [0, 0.1) is 5.92 Å². The zero-order chi connectivity index (χ0) is 10.8. The second-order valence-electron chi connectivity index (χ2n) is 4.10. The van der Waals surface area contributed by atoms with Crippen molar-refractivity contribution < 1.29 is 14.3 Å². The zero-order valence-corrected chi connectivity index (χ0v) is 8.79. The molecule has 2 unspecified atom stereocenters. The van der Waals surface area contributed by atoms with E-state index in [1.165, 1.54) is 13.5 Å². The number of hydrogen-bond acceptors (Lipinski definition) is 3. The molecule has 2 rings (SSSR count). The Hall–Kier alpha value is -1.32. The van der Waals surface area contributed by atoms with Gasteiger partial charge in [0, 0.05) is 6.04 Å². The highest BCUT2D eigenvalue weighted by atomic mass is 16.5. The lowest BCUT2D eigenvalue weighted by molar-refractivity contribution is -0.138. The van der Waals surface area contributed by atoms with Crippen molar-refractivity contribution in [3.05, 3.63) is 11.6 Å². The van der Waals surface area contributed by atoms with Crippen molar-refractivity contribution in [1.29, 1.82) is 0 Å². The highest BCUT2D eigenvalue weighted by Gasteiger charge is 2.33. The summed E-state index contributed by atoms with van der Waals surface area (Å²) < 4.78 is 4.57. The molecule has 1 heterocycles. The Morgan fingerprint density at radius 3 is 2.93 bits per heavy atom. The summed E-state index contributed by atoms with van der Waals surface area (Å²) in [6, 6.07) is 0.222. The van der Waals surface area contributed by atoms with Crippen LogP contribution >= 0.6 is 0 Å². The molecule has 1 aliphatic carbocycles. The highest BCUT2D eigenvalue weighted by Crippen LogP contribution is 2.29. The van der Waals surface area contributed by atoms with Gasteiger partial charge >= 0.3 is 5.97 Å². The lowest BCUT2D eigenvalue weighted by Gasteiger charge is -2.33. The molecule has 1 saturated carbocycles. The predicted octanol–water partition coefficient (Wildman–Crippen LogP) is 0.774.